The summed E-state index contributed by atoms with van der Waals surface area (Å²) in [6.45, 7) is 0. The smallest absolute Gasteiger partial charge is 0.107 e. The van der Waals surface area contributed by atoms with Crippen LogP contribution in [0, 0.1) is 0 Å². The molecule has 0 aliphatic carbocycles. The van der Waals surface area contributed by atoms with Crippen molar-refractivity contribution in [1.29, 1.82) is 0 Å². The average Bonchev–Trinajstić information content (AvgIpc) is 1.97. The molecule has 1 aromatic rings. The van der Waals surface area contributed by atoms with Crippen LogP contribution in [0.3, 0.4) is 0 Å². The van der Waals surface area contributed by atoms with Crippen molar-refractivity contribution in [2.24, 2.45) is 5.73 Å². The number of benzene rings is 1. The van der Waals surface area contributed by atoms with Crippen molar-refractivity contribution in [3.05, 3.63) is 27.7 Å². The van der Waals surface area contributed by atoms with Gasteiger partial charge in [0, 0.05) is 0 Å². The fourth-order valence-corrected chi connectivity index (χ4v) is 1.52. The SMILES string of the molecule is NC(=S)c1c(Cl)ccc(Cl)c1N. The summed E-state index contributed by atoms with van der Waals surface area (Å²) in [5, 5.41) is 0.826. The van der Waals surface area contributed by atoms with Crippen molar-refractivity contribution < 1.29 is 0 Å². The lowest BCUT2D eigenvalue weighted by Crippen LogP contribution is -2.13. The van der Waals surface area contributed by atoms with Crippen molar-refractivity contribution in [1.82, 2.24) is 0 Å². The highest BCUT2D eigenvalue weighted by atomic mass is 35.5. The fraction of sp³-hybridized carbons (Fsp3) is 0. The Morgan fingerprint density at radius 1 is 1.25 bits per heavy atom. The standard InChI is InChI=1S/C7H6Cl2N2S/c8-3-1-2-4(9)6(10)5(3)7(11)12/h1-2H,10H2,(H2,11,12). The Labute approximate surface area is 85.4 Å². The average molecular weight is 221 g/mol. The number of halogens is 2. The van der Waals surface area contributed by atoms with Gasteiger partial charge in [0.05, 0.1) is 21.3 Å². The molecule has 5 heteroatoms. The third-order valence-corrected chi connectivity index (χ3v) is 2.24. The van der Waals surface area contributed by atoms with Crippen molar-refractivity contribution in [3.8, 4) is 0 Å². The van der Waals surface area contributed by atoms with E-state index >= 15 is 0 Å². The minimum absolute atomic E-state index is 0.153. The third-order valence-electron chi connectivity index (χ3n) is 1.39. The van der Waals surface area contributed by atoms with Crippen LogP contribution in [-0.2, 0) is 0 Å². The van der Waals surface area contributed by atoms with Gasteiger partial charge in [-0.1, -0.05) is 35.4 Å². The van der Waals surface area contributed by atoms with E-state index < -0.39 is 0 Å². The van der Waals surface area contributed by atoms with Crippen LogP contribution in [0.15, 0.2) is 12.1 Å². The molecule has 0 fully saturated rings. The van der Waals surface area contributed by atoms with E-state index in [1.54, 1.807) is 12.1 Å². The lowest BCUT2D eigenvalue weighted by Gasteiger charge is -2.06. The molecule has 0 amide bonds. The van der Waals surface area contributed by atoms with Crippen LogP contribution in [0.4, 0.5) is 5.69 Å². The van der Waals surface area contributed by atoms with Crippen LogP contribution >= 0.6 is 35.4 Å². The van der Waals surface area contributed by atoms with Gasteiger partial charge in [0.15, 0.2) is 0 Å². The molecule has 4 N–H and O–H groups in total. The highest BCUT2D eigenvalue weighted by Crippen LogP contribution is 2.28. The first kappa shape index (κ1) is 9.58. The van der Waals surface area contributed by atoms with E-state index in [0.717, 1.165) is 0 Å². The first-order valence-corrected chi connectivity index (χ1v) is 4.23. The Hall–Kier alpha value is -0.510. The van der Waals surface area contributed by atoms with Crippen LogP contribution < -0.4 is 11.5 Å². The maximum atomic E-state index is 5.79. The van der Waals surface area contributed by atoms with Crippen molar-refractivity contribution >= 4 is 46.1 Å². The summed E-state index contributed by atoms with van der Waals surface area (Å²) in [5.41, 5.74) is 11.8. The zero-order chi connectivity index (χ0) is 9.30. The quantitative estimate of drug-likeness (QED) is 0.564. The minimum Gasteiger partial charge on any atom is -0.397 e. The molecule has 1 rings (SSSR count). The molecule has 0 aliphatic heterocycles. The second-order valence-electron chi connectivity index (χ2n) is 2.18. The summed E-state index contributed by atoms with van der Waals surface area (Å²) in [4.78, 5) is 0.153. The van der Waals surface area contributed by atoms with Gasteiger partial charge in [0.1, 0.15) is 4.99 Å². The second kappa shape index (κ2) is 3.47. The summed E-state index contributed by atoms with van der Waals surface area (Å²) in [6.07, 6.45) is 0. The predicted octanol–water partition coefficient (Wildman–Crippen LogP) is 2.21. The van der Waals surface area contributed by atoms with E-state index in [-0.39, 0.29) is 4.99 Å². The van der Waals surface area contributed by atoms with Gasteiger partial charge in [0.25, 0.3) is 0 Å². The van der Waals surface area contributed by atoms with Gasteiger partial charge in [-0.25, -0.2) is 0 Å². The Balaban J connectivity index is 3.43. The van der Waals surface area contributed by atoms with E-state index in [2.05, 4.69) is 0 Å². The van der Waals surface area contributed by atoms with Crippen molar-refractivity contribution in [2.45, 2.75) is 0 Å². The van der Waals surface area contributed by atoms with E-state index in [0.29, 0.717) is 21.3 Å². The number of hydrogen-bond donors (Lipinski definition) is 2. The van der Waals surface area contributed by atoms with E-state index in [1.807, 2.05) is 0 Å². The molecule has 0 bridgehead atoms. The summed E-state index contributed by atoms with van der Waals surface area (Å²) in [5.74, 6) is 0. The summed E-state index contributed by atoms with van der Waals surface area (Å²) < 4.78 is 0. The first-order chi connectivity index (χ1) is 5.54. The molecule has 0 atom stereocenters. The molecule has 0 spiro atoms. The van der Waals surface area contributed by atoms with Gasteiger partial charge in [-0.15, -0.1) is 0 Å². The molecule has 2 nitrogen and oxygen atoms in total. The Morgan fingerprint density at radius 3 is 2.17 bits per heavy atom. The molecule has 64 valence electrons. The first-order valence-electron chi connectivity index (χ1n) is 3.07. The maximum Gasteiger partial charge on any atom is 0.107 e. The third kappa shape index (κ3) is 1.63. The molecule has 0 aliphatic rings. The van der Waals surface area contributed by atoms with Gasteiger partial charge < -0.3 is 11.5 Å². The Bertz CT molecular complexity index is 338. The molecule has 12 heavy (non-hydrogen) atoms. The largest absolute Gasteiger partial charge is 0.397 e. The normalized spacial score (nSPS) is 9.83. The number of anilines is 1. The summed E-state index contributed by atoms with van der Waals surface area (Å²) >= 11 is 16.3. The molecule has 0 radical (unpaired) electrons. The van der Waals surface area contributed by atoms with Crippen LogP contribution in [0.25, 0.3) is 0 Å². The van der Waals surface area contributed by atoms with Gasteiger partial charge in [-0.3, -0.25) is 0 Å². The molecule has 0 unspecified atom stereocenters. The molecule has 0 aromatic heterocycles. The van der Waals surface area contributed by atoms with E-state index in [9.17, 15) is 0 Å². The van der Waals surface area contributed by atoms with Crippen molar-refractivity contribution in [2.75, 3.05) is 5.73 Å². The molecule has 0 saturated heterocycles. The predicted molar refractivity (Wildman–Crippen MR) is 56.8 cm³/mol. The zero-order valence-corrected chi connectivity index (χ0v) is 8.30. The molecule has 0 heterocycles. The maximum absolute atomic E-state index is 5.79. The summed E-state index contributed by atoms with van der Waals surface area (Å²) in [6, 6.07) is 3.20. The lowest BCUT2D eigenvalue weighted by atomic mass is 10.2. The summed E-state index contributed by atoms with van der Waals surface area (Å²) in [7, 11) is 0. The topological polar surface area (TPSA) is 52.0 Å². The highest BCUT2D eigenvalue weighted by Gasteiger charge is 2.10. The van der Waals surface area contributed by atoms with Crippen LogP contribution in [-0.4, -0.2) is 4.99 Å². The highest BCUT2D eigenvalue weighted by molar-refractivity contribution is 7.80. The fourth-order valence-electron chi connectivity index (χ4n) is 0.818. The van der Waals surface area contributed by atoms with E-state index in [1.165, 1.54) is 0 Å². The number of thiocarbonyl (C=S) groups is 1. The second-order valence-corrected chi connectivity index (χ2v) is 3.44. The van der Waals surface area contributed by atoms with Gasteiger partial charge in [-0.05, 0) is 12.1 Å². The Morgan fingerprint density at radius 2 is 1.75 bits per heavy atom. The number of hydrogen-bond acceptors (Lipinski definition) is 2. The molecule has 1 aromatic carbocycles. The van der Waals surface area contributed by atoms with Gasteiger partial charge in [0.2, 0.25) is 0 Å². The van der Waals surface area contributed by atoms with Gasteiger partial charge >= 0.3 is 0 Å². The Kier molecular flexibility index (Phi) is 2.77. The van der Waals surface area contributed by atoms with Crippen molar-refractivity contribution in [3.63, 3.8) is 0 Å². The number of rotatable bonds is 1. The van der Waals surface area contributed by atoms with Gasteiger partial charge in [-0.2, -0.15) is 0 Å². The molecule has 0 saturated carbocycles. The van der Waals surface area contributed by atoms with E-state index in [4.69, 9.17) is 46.9 Å². The zero-order valence-electron chi connectivity index (χ0n) is 5.97. The molecular weight excluding hydrogens is 215 g/mol. The lowest BCUT2D eigenvalue weighted by molar-refractivity contribution is 1.61. The number of nitrogens with two attached hydrogens (primary N) is 2. The monoisotopic (exact) mass is 220 g/mol. The molecular formula is C7H6Cl2N2S. The minimum atomic E-state index is 0.153. The van der Waals surface area contributed by atoms with Crippen LogP contribution in [0.2, 0.25) is 10.0 Å². The number of nitrogen functional groups attached to an aromatic ring is 1. The van der Waals surface area contributed by atoms with Crippen LogP contribution in [0.5, 0.6) is 0 Å². The van der Waals surface area contributed by atoms with Crippen LogP contribution in [0.1, 0.15) is 5.56 Å².